The van der Waals surface area contributed by atoms with Crippen molar-refractivity contribution < 1.29 is 9.21 Å². The van der Waals surface area contributed by atoms with Crippen LogP contribution in [0.1, 0.15) is 12.7 Å². The summed E-state index contributed by atoms with van der Waals surface area (Å²) in [4.78, 5) is 38.1. The number of hydrogen-bond acceptors (Lipinski definition) is 6. The normalized spacial score (nSPS) is 11.2. The standard InChI is InChI=1S/C20H18N4O3S/c1-2-24(11-17-21-14-8-4-3-7-13(14)19(26)23-17)18(25)12-28-20-22-15-9-5-6-10-16(15)27-20/h3-10H,2,11-12H2,1H3,(H,21,23,26). The molecule has 0 fully saturated rings. The van der Waals surface area contributed by atoms with Crippen LogP contribution >= 0.6 is 11.8 Å². The first-order valence-corrected chi connectivity index (χ1v) is 9.86. The summed E-state index contributed by atoms with van der Waals surface area (Å²) in [6.07, 6.45) is 0. The third-order valence-corrected chi connectivity index (χ3v) is 5.14. The Balaban J connectivity index is 1.46. The number of aromatic amines is 1. The van der Waals surface area contributed by atoms with E-state index < -0.39 is 0 Å². The largest absolute Gasteiger partial charge is 0.431 e. The molecule has 142 valence electrons. The van der Waals surface area contributed by atoms with Crippen LogP contribution < -0.4 is 5.56 Å². The molecule has 0 bridgehead atoms. The first-order valence-electron chi connectivity index (χ1n) is 8.88. The second kappa shape index (κ2) is 7.85. The molecule has 4 rings (SSSR count). The molecule has 28 heavy (non-hydrogen) atoms. The van der Waals surface area contributed by atoms with Crippen molar-refractivity contribution in [1.29, 1.82) is 0 Å². The summed E-state index contributed by atoms with van der Waals surface area (Å²) in [6, 6.07) is 14.6. The fourth-order valence-electron chi connectivity index (χ4n) is 2.89. The van der Waals surface area contributed by atoms with Gasteiger partial charge in [0.15, 0.2) is 5.58 Å². The fourth-order valence-corrected chi connectivity index (χ4v) is 3.64. The van der Waals surface area contributed by atoms with E-state index in [1.165, 1.54) is 11.8 Å². The van der Waals surface area contributed by atoms with Gasteiger partial charge in [-0.05, 0) is 31.2 Å². The van der Waals surface area contributed by atoms with Crippen LogP contribution in [0.15, 0.2) is 63.0 Å². The zero-order valence-corrected chi connectivity index (χ0v) is 16.0. The van der Waals surface area contributed by atoms with Crippen molar-refractivity contribution in [3.63, 3.8) is 0 Å². The predicted molar refractivity (Wildman–Crippen MR) is 108 cm³/mol. The highest BCUT2D eigenvalue weighted by Gasteiger charge is 2.16. The van der Waals surface area contributed by atoms with Crippen molar-refractivity contribution in [2.45, 2.75) is 18.7 Å². The number of thioether (sulfide) groups is 1. The number of H-pyrrole nitrogens is 1. The van der Waals surface area contributed by atoms with E-state index in [1.807, 2.05) is 37.3 Å². The molecule has 8 heteroatoms. The summed E-state index contributed by atoms with van der Waals surface area (Å²) in [5, 5.41) is 0.995. The molecule has 0 saturated carbocycles. The van der Waals surface area contributed by atoms with E-state index in [0.717, 1.165) is 5.52 Å². The number of carbonyl (C=O) groups excluding carboxylic acids is 1. The monoisotopic (exact) mass is 394 g/mol. The van der Waals surface area contributed by atoms with Gasteiger partial charge >= 0.3 is 0 Å². The highest BCUT2D eigenvalue weighted by atomic mass is 32.2. The molecule has 2 aromatic heterocycles. The number of hydrogen-bond donors (Lipinski definition) is 1. The number of amides is 1. The number of aromatic nitrogens is 3. The molecule has 1 amide bonds. The number of nitrogens with zero attached hydrogens (tertiary/aromatic N) is 3. The summed E-state index contributed by atoms with van der Waals surface area (Å²) in [5.74, 6) is 0.578. The summed E-state index contributed by atoms with van der Waals surface area (Å²) in [7, 11) is 0. The fraction of sp³-hybridized carbons (Fsp3) is 0.200. The van der Waals surface area contributed by atoms with Gasteiger partial charge in [-0.3, -0.25) is 9.59 Å². The average molecular weight is 394 g/mol. The van der Waals surface area contributed by atoms with Crippen LogP contribution in [0.25, 0.3) is 22.0 Å². The average Bonchev–Trinajstić information content (AvgIpc) is 3.13. The molecule has 0 atom stereocenters. The Kier molecular flexibility index (Phi) is 5.12. The van der Waals surface area contributed by atoms with Crippen LogP contribution in [0, 0.1) is 0 Å². The van der Waals surface area contributed by atoms with Crippen molar-refractivity contribution in [2.75, 3.05) is 12.3 Å². The smallest absolute Gasteiger partial charge is 0.258 e. The third-order valence-electron chi connectivity index (χ3n) is 4.33. The van der Waals surface area contributed by atoms with Crippen molar-refractivity contribution in [2.24, 2.45) is 0 Å². The molecule has 0 radical (unpaired) electrons. The molecule has 2 aromatic carbocycles. The lowest BCUT2D eigenvalue weighted by Gasteiger charge is -2.19. The molecule has 4 aromatic rings. The quantitative estimate of drug-likeness (QED) is 0.505. The number of fused-ring (bicyclic) bond motifs is 2. The number of nitrogens with one attached hydrogen (secondary N) is 1. The predicted octanol–water partition coefficient (Wildman–Crippen LogP) is 3.21. The van der Waals surface area contributed by atoms with Crippen molar-refractivity contribution >= 4 is 39.7 Å². The first-order chi connectivity index (χ1) is 13.6. The lowest BCUT2D eigenvalue weighted by molar-refractivity contribution is -0.128. The molecule has 7 nitrogen and oxygen atoms in total. The molecule has 0 unspecified atom stereocenters. The van der Waals surface area contributed by atoms with Crippen LogP contribution in [0.5, 0.6) is 0 Å². The topological polar surface area (TPSA) is 92.1 Å². The Bertz CT molecular complexity index is 1170. The molecule has 0 aliphatic heterocycles. The lowest BCUT2D eigenvalue weighted by atomic mass is 10.2. The van der Waals surface area contributed by atoms with E-state index in [9.17, 15) is 9.59 Å². The zero-order chi connectivity index (χ0) is 19.5. The molecule has 2 heterocycles. The summed E-state index contributed by atoms with van der Waals surface area (Å²) >= 11 is 1.25. The maximum atomic E-state index is 12.6. The maximum absolute atomic E-state index is 12.6. The van der Waals surface area contributed by atoms with Crippen LogP contribution in [-0.2, 0) is 11.3 Å². The maximum Gasteiger partial charge on any atom is 0.258 e. The Hall–Kier alpha value is -3.13. The first kappa shape index (κ1) is 18.2. The summed E-state index contributed by atoms with van der Waals surface area (Å²) in [5.41, 5.74) is 1.88. The number of rotatable bonds is 6. The second-order valence-electron chi connectivity index (χ2n) is 6.17. The van der Waals surface area contributed by atoms with Gasteiger partial charge in [-0.15, -0.1) is 0 Å². The van der Waals surface area contributed by atoms with Gasteiger partial charge in [-0.25, -0.2) is 9.97 Å². The Labute approximate surface area is 164 Å². The van der Waals surface area contributed by atoms with Crippen molar-refractivity contribution in [3.8, 4) is 0 Å². The molecule has 0 spiro atoms. The number of oxazole rings is 1. The van der Waals surface area contributed by atoms with Gasteiger partial charge < -0.3 is 14.3 Å². The number of benzene rings is 2. The molecule has 0 aliphatic rings. The molecule has 0 aliphatic carbocycles. The van der Waals surface area contributed by atoms with Gasteiger partial charge in [0, 0.05) is 6.54 Å². The van der Waals surface area contributed by atoms with E-state index in [-0.39, 0.29) is 23.8 Å². The Morgan fingerprint density at radius 2 is 1.86 bits per heavy atom. The SMILES string of the molecule is CCN(Cc1nc2ccccc2c(=O)[nH]1)C(=O)CSc1nc2ccccc2o1. The number of carbonyl (C=O) groups is 1. The van der Waals surface area contributed by atoms with Crippen LogP contribution in [0.2, 0.25) is 0 Å². The van der Waals surface area contributed by atoms with Crippen molar-refractivity contribution in [1.82, 2.24) is 19.9 Å². The minimum atomic E-state index is -0.204. The summed E-state index contributed by atoms with van der Waals surface area (Å²) < 4.78 is 5.64. The minimum Gasteiger partial charge on any atom is -0.431 e. The van der Waals surface area contributed by atoms with Gasteiger partial charge in [0.25, 0.3) is 10.8 Å². The van der Waals surface area contributed by atoms with E-state index in [1.54, 1.807) is 23.1 Å². The molecular formula is C20H18N4O3S. The van der Waals surface area contributed by atoms with Gasteiger partial charge in [-0.2, -0.15) is 0 Å². The van der Waals surface area contributed by atoms with Gasteiger partial charge in [0.2, 0.25) is 5.91 Å². The van der Waals surface area contributed by atoms with Crippen molar-refractivity contribution in [3.05, 3.63) is 64.7 Å². The molecule has 0 saturated heterocycles. The third kappa shape index (κ3) is 3.77. The lowest BCUT2D eigenvalue weighted by Crippen LogP contribution is -2.33. The van der Waals surface area contributed by atoms with Crippen LogP contribution in [0.4, 0.5) is 0 Å². The molecular weight excluding hydrogens is 376 g/mol. The van der Waals surface area contributed by atoms with Crippen LogP contribution in [-0.4, -0.2) is 38.1 Å². The molecule has 1 N–H and O–H groups in total. The second-order valence-corrected chi connectivity index (χ2v) is 7.10. The van der Waals surface area contributed by atoms with E-state index in [2.05, 4.69) is 15.0 Å². The number of para-hydroxylation sites is 3. The highest BCUT2D eigenvalue weighted by molar-refractivity contribution is 7.99. The van der Waals surface area contributed by atoms with E-state index in [0.29, 0.717) is 34.1 Å². The van der Waals surface area contributed by atoms with E-state index >= 15 is 0 Å². The van der Waals surface area contributed by atoms with Gasteiger partial charge in [0.1, 0.15) is 11.3 Å². The Morgan fingerprint density at radius 1 is 1.11 bits per heavy atom. The van der Waals surface area contributed by atoms with Gasteiger partial charge in [0.05, 0.1) is 23.2 Å². The summed E-state index contributed by atoms with van der Waals surface area (Å²) in [6.45, 7) is 2.63. The van der Waals surface area contributed by atoms with Crippen LogP contribution in [0.3, 0.4) is 0 Å². The van der Waals surface area contributed by atoms with Gasteiger partial charge in [-0.1, -0.05) is 36.0 Å². The Morgan fingerprint density at radius 3 is 2.64 bits per heavy atom. The minimum absolute atomic E-state index is 0.0782. The van der Waals surface area contributed by atoms with E-state index in [4.69, 9.17) is 4.42 Å². The zero-order valence-electron chi connectivity index (χ0n) is 15.2. The highest BCUT2D eigenvalue weighted by Crippen LogP contribution is 2.23.